The fraction of sp³-hybridized carbons (Fsp3) is 0.333. The molecule has 0 aliphatic carbocycles. The second-order valence-corrected chi connectivity index (χ2v) is 3.59. The van der Waals surface area contributed by atoms with Crippen molar-refractivity contribution in [3.63, 3.8) is 0 Å². The molecule has 1 amide bonds. The molecule has 5 nitrogen and oxygen atoms in total. The Morgan fingerprint density at radius 2 is 1.94 bits per heavy atom. The molecule has 1 N–H and O–H groups in total. The van der Waals surface area contributed by atoms with Crippen LogP contribution in [-0.4, -0.2) is 32.6 Å². The van der Waals surface area contributed by atoms with Gasteiger partial charge in [-0.25, -0.2) is 4.79 Å². The average molecular weight is 236 g/mol. The number of benzene rings is 1. The summed E-state index contributed by atoms with van der Waals surface area (Å²) in [5.74, 6) is -1.64. The van der Waals surface area contributed by atoms with Crippen molar-refractivity contribution in [3.8, 4) is 0 Å². The molecule has 0 saturated heterocycles. The minimum absolute atomic E-state index is 0.182. The lowest BCUT2D eigenvalue weighted by Crippen LogP contribution is -2.26. The SMILES string of the molecule is CCOC(=O)C(=O)Nc1ccccc1N(C)C. The largest absolute Gasteiger partial charge is 0.459 e. The molecule has 1 aromatic rings. The summed E-state index contributed by atoms with van der Waals surface area (Å²) in [6.07, 6.45) is 0. The van der Waals surface area contributed by atoms with Crippen LogP contribution in [0.3, 0.4) is 0 Å². The normalized spacial score (nSPS) is 9.59. The highest BCUT2D eigenvalue weighted by molar-refractivity contribution is 6.37. The molecule has 0 fully saturated rings. The monoisotopic (exact) mass is 236 g/mol. The van der Waals surface area contributed by atoms with Crippen molar-refractivity contribution in [2.24, 2.45) is 0 Å². The molecule has 0 spiro atoms. The van der Waals surface area contributed by atoms with Crippen molar-refractivity contribution >= 4 is 23.3 Å². The van der Waals surface area contributed by atoms with Crippen LogP contribution in [0.1, 0.15) is 6.92 Å². The fourth-order valence-electron chi connectivity index (χ4n) is 1.34. The van der Waals surface area contributed by atoms with Crippen molar-refractivity contribution in [1.82, 2.24) is 0 Å². The maximum absolute atomic E-state index is 11.5. The Hall–Kier alpha value is -2.04. The fourth-order valence-corrected chi connectivity index (χ4v) is 1.34. The molecule has 0 saturated carbocycles. The first-order valence-corrected chi connectivity index (χ1v) is 5.30. The molecule has 0 radical (unpaired) electrons. The van der Waals surface area contributed by atoms with Gasteiger partial charge in [-0.2, -0.15) is 0 Å². The summed E-state index contributed by atoms with van der Waals surface area (Å²) < 4.78 is 4.61. The zero-order valence-electron chi connectivity index (χ0n) is 10.2. The number of esters is 1. The molecule has 0 aromatic heterocycles. The molecule has 0 aliphatic rings. The maximum Gasteiger partial charge on any atom is 0.397 e. The van der Waals surface area contributed by atoms with Crippen molar-refractivity contribution in [1.29, 1.82) is 0 Å². The first-order chi connectivity index (χ1) is 8.06. The lowest BCUT2D eigenvalue weighted by Gasteiger charge is -2.17. The number of amides is 1. The molecular weight excluding hydrogens is 220 g/mol. The van der Waals surface area contributed by atoms with Crippen LogP contribution < -0.4 is 10.2 Å². The van der Waals surface area contributed by atoms with E-state index in [0.717, 1.165) is 5.69 Å². The van der Waals surface area contributed by atoms with Gasteiger partial charge in [-0.05, 0) is 19.1 Å². The quantitative estimate of drug-likeness (QED) is 0.634. The van der Waals surface area contributed by atoms with Gasteiger partial charge in [0.2, 0.25) is 0 Å². The van der Waals surface area contributed by atoms with Crippen molar-refractivity contribution in [3.05, 3.63) is 24.3 Å². The van der Waals surface area contributed by atoms with E-state index in [0.29, 0.717) is 5.69 Å². The number of anilines is 2. The third kappa shape index (κ3) is 3.48. The van der Waals surface area contributed by atoms with E-state index in [2.05, 4.69) is 10.1 Å². The minimum atomic E-state index is -0.874. The van der Waals surface area contributed by atoms with E-state index in [1.165, 1.54) is 0 Å². The Balaban J connectivity index is 2.81. The zero-order chi connectivity index (χ0) is 12.8. The number of ether oxygens (including phenoxy) is 1. The summed E-state index contributed by atoms with van der Waals surface area (Å²) in [5, 5.41) is 2.52. The van der Waals surface area contributed by atoms with Gasteiger partial charge in [0.1, 0.15) is 0 Å². The summed E-state index contributed by atoms with van der Waals surface area (Å²) in [6, 6.07) is 7.22. The zero-order valence-corrected chi connectivity index (χ0v) is 10.2. The smallest absolute Gasteiger partial charge is 0.397 e. The van der Waals surface area contributed by atoms with E-state index in [1.807, 2.05) is 31.1 Å². The van der Waals surface area contributed by atoms with Gasteiger partial charge in [0.15, 0.2) is 0 Å². The maximum atomic E-state index is 11.5. The van der Waals surface area contributed by atoms with Gasteiger partial charge in [0.25, 0.3) is 0 Å². The van der Waals surface area contributed by atoms with Crippen molar-refractivity contribution in [2.75, 3.05) is 30.9 Å². The van der Waals surface area contributed by atoms with E-state index < -0.39 is 11.9 Å². The second-order valence-electron chi connectivity index (χ2n) is 3.59. The highest BCUT2D eigenvalue weighted by Gasteiger charge is 2.16. The molecule has 92 valence electrons. The lowest BCUT2D eigenvalue weighted by molar-refractivity contribution is -0.152. The van der Waals surface area contributed by atoms with E-state index >= 15 is 0 Å². The molecule has 0 bridgehead atoms. The second kappa shape index (κ2) is 5.89. The topological polar surface area (TPSA) is 58.6 Å². The van der Waals surface area contributed by atoms with Crippen LogP contribution >= 0.6 is 0 Å². The Morgan fingerprint density at radius 1 is 1.29 bits per heavy atom. The highest BCUT2D eigenvalue weighted by atomic mass is 16.5. The predicted molar refractivity (Wildman–Crippen MR) is 66.0 cm³/mol. The number of hydrogen-bond donors (Lipinski definition) is 1. The number of carbonyl (C=O) groups excluding carboxylic acids is 2. The summed E-state index contributed by atoms with van der Waals surface area (Å²) >= 11 is 0. The Morgan fingerprint density at radius 3 is 2.53 bits per heavy atom. The molecule has 17 heavy (non-hydrogen) atoms. The summed E-state index contributed by atoms with van der Waals surface area (Å²) in [5.41, 5.74) is 1.40. The molecular formula is C12H16N2O3. The number of carbonyl (C=O) groups is 2. The highest BCUT2D eigenvalue weighted by Crippen LogP contribution is 2.23. The van der Waals surface area contributed by atoms with Gasteiger partial charge in [0, 0.05) is 14.1 Å². The third-order valence-electron chi connectivity index (χ3n) is 2.09. The van der Waals surface area contributed by atoms with Crippen molar-refractivity contribution < 1.29 is 14.3 Å². The molecule has 1 aromatic carbocycles. The lowest BCUT2D eigenvalue weighted by atomic mass is 10.2. The third-order valence-corrected chi connectivity index (χ3v) is 2.09. The average Bonchev–Trinajstić information content (AvgIpc) is 2.29. The molecule has 5 heteroatoms. The van der Waals surface area contributed by atoms with Crippen LogP contribution in [0.4, 0.5) is 11.4 Å². The molecule has 0 heterocycles. The van der Waals surface area contributed by atoms with Crippen LogP contribution in [-0.2, 0) is 14.3 Å². The standard InChI is InChI=1S/C12H16N2O3/c1-4-17-12(16)11(15)13-9-7-5-6-8-10(9)14(2)3/h5-8H,4H2,1-3H3,(H,13,15). The number of para-hydroxylation sites is 2. The van der Waals surface area contributed by atoms with E-state index in [1.54, 1.807) is 19.1 Å². The van der Waals surface area contributed by atoms with Gasteiger partial charge in [-0.3, -0.25) is 4.79 Å². The number of nitrogens with zero attached hydrogens (tertiary/aromatic N) is 1. The van der Waals surface area contributed by atoms with Crippen LogP contribution in [0.25, 0.3) is 0 Å². The van der Waals surface area contributed by atoms with E-state index in [-0.39, 0.29) is 6.61 Å². The molecule has 0 unspecified atom stereocenters. The Kier molecular flexibility index (Phi) is 4.51. The molecule has 1 rings (SSSR count). The van der Waals surface area contributed by atoms with Gasteiger partial charge < -0.3 is 15.0 Å². The van der Waals surface area contributed by atoms with Gasteiger partial charge in [-0.1, -0.05) is 12.1 Å². The van der Waals surface area contributed by atoms with Crippen LogP contribution in [0.5, 0.6) is 0 Å². The predicted octanol–water partition coefficient (Wildman–Crippen LogP) is 1.25. The van der Waals surface area contributed by atoms with E-state index in [9.17, 15) is 9.59 Å². The first kappa shape index (κ1) is 13.0. The summed E-state index contributed by atoms with van der Waals surface area (Å²) in [4.78, 5) is 24.5. The molecule has 0 atom stereocenters. The summed E-state index contributed by atoms with van der Waals surface area (Å²) in [6.45, 7) is 1.83. The number of rotatable bonds is 3. The van der Waals surface area contributed by atoms with Crippen LogP contribution in [0.15, 0.2) is 24.3 Å². The molecule has 0 aliphatic heterocycles. The minimum Gasteiger partial charge on any atom is -0.459 e. The van der Waals surface area contributed by atoms with Crippen LogP contribution in [0.2, 0.25) is 0 Å². The number of hydrogen-bond acceptors (Lipinski definition) is 4. The number of nitrogens with one attached hydrogen (secondary N) is 1. The van der Waals surface area contributed by atoms with Crippen molar-refractivity contribution in [2.45, 2.75) is 6.92 Å². The van der Waals surface area contributed by atoms with Gasteiger partial charge in [0.05, 0.1) is 18.0 Å². The van der Waals surface area contributed by atoms with Gasteiger partial charge >= 0.3 is 11.9 Å². The van der Waals surface area contributed by atoms with Crippen LogP contribution in [0, 0.1) is 0 Å². The van der Waals surface area contributed by atoms with Gasteiger partial charge in [-0.15, -0.1) is 0 Å². The van der Waals surface area contributed by atoms with E-state index in [4.69, 9.17) is 0 Å². The summed E-state index contributed by atoms with van der Waals surface area (Å²) in [7, 11) is 3.71. The Bertz CT molecular complexity index is 416. The first-order valence-electron chi connectivity index (χ1n) is 5.30. The Labute approximate surface area is 100 Å².